The Balaban J connectivity index is 0.000000112. The van der Waals surface area contributed by atoms with E-state index in [9.17, 15) is 19.2 Å². The third-order valence-corrected chi connectivity index (χ3v) is 26.2. The van der Waals surface area contributed by atoms with Crippen molar-refractivity contribution >= 4 is 83.6 Å². The summed E-state index contributed by atoms with van der Waals surface area (Å²) in [5, 5.41) is 32.3. The van der Waals surface area contributed by atoms with Crippen LogP contribution < -0.4 is 22.9 Å². The molecule has 0 bridgehead atoms. The molecule has 38 nitrogen and oxygen atoms in total. The summed E-state index contributed by atoms with van der Waals surface area (Å²) in [4.78, 5) is 105. The van der Waals surface area contributed by atoms with E-state index < -0.39 is 23.6 Å². The molecule has 40 heteroatoms. The molecule has 2 atom stereocenters. The molecular formula is C107H100N32O6S2. The second-order valence-corrected chi connectivity index (χ2v) is 37.7. The average molecular weight is 1990 g/mol. The molecule has 1 aliphatic heterocycles. The van der Waals surface area contributed by atoms with Crippen molar-refractivity contribution in [2.45, 2.75) is 98.4 Å². The molecule has 2 aliphatic rings. The van der Waals surface area contributed by atoms with Gasteiger partial charge in [0.15, 0.2) is 11.3 Å². The number of aromatic nitrogens is 28. The van der Waals surface area contributed by atoms with Crippen LogP contribution in [0.25, 0.3) is 162 Å². The molecule has 22 aromatic rings. The number of hydrogen-bond acceptors (Lipinski definition) is 24. The Bertz CT molecular complexity index is 8480. The number of nitrogens with two attached hydrogens (primary N) is 4. The summed E-state index contributed by atoms with van der Waals surface area (Å²) < 4.78 is 25.4. The van der Waals surface area contributed by atoms with E-state index in [0.29, 0.717) is 56.8 Å². The van der Waals surface area contributed by atoms with Gasteiger partial charge in [-0.15, -0.1) is 22.7 Å². The van der Waals surface area contributed by atoms with Gasteiger partial charge in [-0.3, -0.25) is 42.6 Å². The van der Waals surface area contributed by atoms with Crippen molar-refractivity contribution in [2.75, 3.05) is 6.79 Å². The molecule has 24 rings (SSSR count). The zero-order valence-corrected chi connectivity index (χ0v) is 83.2. The Labute approximate surface area is 847 Å². The Morgan fingerprint density at radius 1 is 0.395 bits per heavy atom. The number of carbonyl (C=O) groups is 4. The number of carbonyl (C=O) groups excluding carboxylic acids is 4. The first kappa shape index (κ1) is 96.2. The Morgan fingerprint density at radius 3 is 1.24 bits per heavy atom. The van der Waals surface area contributed by atoms with Crippen molar-refractivity contribution in [1.82, 2.24) is 138 Å². The minimum atomic E-state index is -0.589. The Hall–Kier alpha value is -18.3. The molecule has 6 aromatic carbocycles. The summed E-state index contributed by atoms with van der Waals surface area (Å²) in [5.74, 6) is 1.84. The molecule has 147 heavy (non-hydrogen) atoms. The number of ether oxygens (including phenoxy) is 2. The zero-order valence-electron chi connectivity index (χ0n) is 81.5. The monoisotopic (exact) mass is 1990 g/mol. The lowest BCUT2D eigenvalue weighted by atomic mass is 9.98. The van der Waals surface area contributed by atoms with Crippen LogP contribution in [0.2, 0.25) is 0 Å². The number of fused-ring (bicyclic) bond motifs is 5. The number of amides is 4. The summed E-state index contributed by atoms with van der Waals surface area (Å²) >= 11 is 3.24. The number of rotatable bonds is 24. The van der Waals surface area contributed by atoms with Crippen molar-refractivity contribution in [3.63, 3.8) is 0 Å². The van der Waals surface area contributed by atoms with Crippen molar-refractivity contribution in [1.29, 1.82) is 0 Å². The van der Waals surface area contributed by atoms with Gasteiger partial charge in [0.25, 0.3) is 11.8 Å². The van der Waals surface area contributed by atoms with E-state index in [1.807, 2.05) is 183 Å². The van der Waals surface area contributed by atoms with E-state index in [-0.39, 0.29) is 42.5 Å². The van der Waals surface area contributed by atoms with Crippen LogP contribution in [0.1, 0.15) is 127 Å². The zero-order chi connectivity index (χ0) is 102. The Kier molecular flexibility index (Phi) is 27.1. The number of nitrogens with one attached hydrogen (secondary N) is 5. The van der Waals surface area contributed by atoms with Gasteiger partial charge in [-0.25, -0.2) is 53.9 Å². The SMILES string of the molecule is Cc1cccc(CCc2nc(-c3ccc4ncc(C(N)=O)n4n3)c(-c3ccn(C(C)C)n3)[nH]2)c1.Cc1cccc(CCc2nc(-c3ccc4ncc(C(N)=O)n4n3)c(-c3ccn(C(C)C)n3)[nH]2)c1.Cc1nc(-c2ccc3ncsc3c2)c(-c2ccn(C)n2)[nH]1.Cn1ccc(-c2[nH]c(-c3ccc(C(N)=O)cc3)nc2-c2ccc3ncsc3c2)n1.Cn1ccc(-c2[nH]c(-c3ccc(C(N)=O)cc3)nc2C2=CC3OCOC3C=C2)n1. The first-order chi connectivity index (χ1) is 71.1. The van der Waals surface area contributed by atoms with Crippen molar-refractivity contribution in [3.05, 3.63) is 329 Å². The quantitative estimate of drug-likeness (QED) is 0.0271. The van der Waals surface area contributed by atoms with Crippen molar-refractivity contribution in [2.24, 2.45) is 44.1 Å². The number of primary amides is 4. The summed E-state index contributed by atoms with van der Waals surface area (Å²) in [5.41, 5.74) is 52.8. The van der Waals surface area contributed by atoms with Gasteiger partial charge in [-0.1, -0.05) is 108 Å². The van der Waals surface area contributed by atoms with E-state index in [4.69, 9.17) is 62.5 Å². The predicted octanol–water partition coefficient (Wildman–Crippen LogP) is 17.0. The van der Waals surface area contributed by atoms with E-state index in [1.54, 1.807) is 73.1 Å². The lowest BCUT2D eigenvalue weighted by Gasteiger charge is -2.15. The normalized spacial score (nSPS) is 13.2. The van der Waals surface area contributed by atoms with Crippen LogP contribution in [0.5, 0.6) is 0 Å². The fourth-order valence-electron chi connectivity index (χ4n) is 17.1. The van der Waals surface area contributed by atoms with Gasteiger partial charge in [-0.2, -0.15) is 35.7 Å². The highest BCUT2D eigenvalue weighted by Gasteiger charge is 2.32. The molecule has 1 fully saturated rings. The number of allylic oxidation sites excluding steroid dienone is 2. The van der Waals surface area contributed by atoms with Crippen molar-refractivity contribution < 1.29 is 28.7 Å². The topological polar surface area (TPSA) is 509 Å². The first-order valence-electron chi connectivity index (χ1n) is 47.2. The maximum atomic E-state index is 11.8. The molecular weight excluding hydrogens is 1890 g/mol. The molecule has 0 radical (unpaired) electrons. The minimum Gasteiger partial charge on any atom is -0.366 e. The van der Waals surface area contributed by atoms with Gasteiger partial charge < -0.3 is 57.3 Å². The number of aryl methyl sites for hydroxylation is 10. The lowest BCUT2D eigenvalue weighted by molar-refractivity contribution is 0.0503. The van der Waals surface area contributed by atoms with Crippen LogP contribution >= 0.6 is 22.7 Å². The smallest absolute Gasteiger partial charge is 0.269 e. The largest absolute Gasteiger partial charge is 0.366 e. The maximum absolute atomic E-state index is 11.8. The molecule has 2 unspecified atom stereocenters. The molecule has 16 aromatic heterocycles. The number of aromatic amines is 5. The van der Waals surface area contributed by atoms with E-state index in [2.05, 4.69) is 184 Å². The number of benzene rings is 6. The third kappa shape index (κ3) is 21.0. The van der Waals surface area contributed by atoms with Gasteiger partial charge in [-0.05, 0) is 182 Å². The molecule has 0 spiro atoms. The molecule has 13 N–H and O–H groups in total. The Morgan fingerprint density at radius 2 is 0.810 bits per heavy atom. The van der Waals surface area contributed by atoms with Crippen LogP contribution in [0.3, 0.4) is 0 Å². The molecule has 17 heterocycles. The summed E-state index contributed by atoms with van der Waals surface area (Å²) in [6.07, 6.45) is 21.5. The summed E-state index contributed by atoms with van der Waals surface area (Å²) in [6, 6.07) is 60.9. The van der Waals surface area contributed by atoms with Crippen LogP contribution in [-0.4, -0.2) is 181 Å². The lowest BCUT2D eigenvalue weighted by Crippen LogP contribution is -2.20. The standard InChI is InChI=1S/2C25H26N8O.C21H16N6OS.C21H19N5O3.C15H13N5S/c2*1-15(2)32-12-11-19(30-32)24-23(18-8-10-22-27-14-20(25(26)34)33(22)31-18)28-21(29-24)9-7-17-6-4-5-16(3)13-17;1-27-9-8-16(26-27)19-18(14-6-7-15-17(10-14)29-11-23-15)24-21(25-19)13-4-2-12(3-5-13)20(22)28;1-26-9-8-15(25-26)19-18(14-6-7-16-17(10-14)29-11-28-16)23-21(24-19)13-4-2-12(3-5-13)20(22)27;1-9-17-14(15(18-9)12-5-6-20(2)19-12)10-3-4-11-13(7-10)21-8-16-11/h2*4-6,8,10-15H,7,9H2,1-3H3,(H2,26,34)(H,28,29);2-11H,1H3,(H2,22,28)(H,24,25);2-10,16-17H,11H2,1H3,(H2,22,27)(H,23,24);3-8H,1-2H3,(H,17,18). The number of imidazole rings is 7. The second kappa shape index (κ2) is 41.3. The summed E-state index contributed by atoms with van der Waals surface area (Å²) in [6.45, 7) is 14.8. The molecule has 1 aliphatic carbocycles. The molecule has 736 valence electrons. The van der Waals surface area contributed by atoms with E-state index in [1.165, 1.54) is 48.4 Å². The molecule has 4 amide bonds. The average Bonchev–Trinajstić information content (AvgIpc) is 1.63. The fraction of sp³-hybridized carbons (Fsp3) is 0.178. The predicted molar refractivity (Wildman–Crippen MR) is 563 cm³/mol. The number of hydrogen-bond donors (Lipinski definition) is 9. The van der Waals surface area contributed by atoms with Gasteiger partial charge in [0, 0.05) is 116 Å². The van der Waals surface area contributed by atoms with Gasteiger partial charge in [0.05, 0.1) is 89.4 Å². The minimum absolute atomic E-state index is 0.0585. The highest BCUT2D eigenvalue weighted by atomic mass is 32.1. The number of nitrogens with zero attached hydrogens (tertiary/aromatic N) is 23. The van der Waals surface area contributed by atoms with Crippen molar-refractivity contribution in [3.8, 4) is 125 Å². The number of thiazole rings is 2. The highest BCUT2D eigenvalue weighted by molar-refractivity contribution is 7.17. The van der Waals surface area contributed by atoms with Crippen LogP contribution in [0.15, 0.2) is 261 Å². The van der Waals surface area contributed by atoms with Crippen LogP contribution in [0, 0.1) is 20.8 Å². The van der Waals surface area contributed by atoms with Gasteiger partial charge in [0.2, 0.25) is 11.8 Å². The first-order valence-corrected chi connectivity index (χ1v) is 49.0. The fourth-order valence-corrected chi connectivity index (χ4v) is 18.6. The molecule has 1 saturated heterocycles. The third-order valence-electron chi connectivity index (χ3n) is 24.6. The second-order valence-electron chi connectivity index (χ2n) is 35.9. The van der Waals surface area contributed by atoms with Crippen LogP contribution in [-0.2, 0) is 56.3 Å². The number of H-pyrrole nitrogens is 5. The maximum Gasteiger partial charge on any atom is 0.269 e. The van der Waals surface area contributed by atoms with Crippen LogP contribution in [0.4, 0.5) is 0 Å². The summed E-state index contributed by atoms with van der Waals surface area (Å²) in [7, 11) is 5.67. The van der Waals surface area contributed by atoms with Gasteiger partial charge >= 0.3 is 0 Å². The van der Waals surface area contributed by atoms with Gasteiger partial charge in [0.1, 0.15) is 111 Å². The van der Waals surface area contributed by atoms with E-state index in [0.717, 1.165) is 161 Å². The molecule has 0 saturated carbocycles. The van der Waals surface area contributed by atoms with E-state index >= 15 is 0 Å². The highest BCUT2D eigenvalue weighted by Crippen LogP contribution is 2.40.